The van der Waals surface area contributed by atoms with E-state index in [1.807, 2.05) is 30.3 Å². The number of nitrogens with zero attached hydrogens (tertiary/aromatic N) is 1. The molecule has 0 aliphatic rings. The third-order valence-electron chi connectivity index (χ3n) is 2.02. The third kappa shape index (κ3) is 3.06. The van der Waals surface area contributed by atoms with E-state index in [2.05, 4.69) is 11.9 Å². The Morgan fingerprint density at radius 2 is 2.14 bits per heavy atom. The van der Waals surface area contributed by atoms with Gasteiger partial charge < -0.3 is 5.73 Å². The van der Waals surface area contributed by atoms with E-state index in [1.54, 1.807) is 5.48 Å². The van der Waals surface area contributed by atoms with Gasteiger partial charge in [-0.15, -0.1) is 0 Å². The van der Waals surface area contributed by atoms with Crippen LogP contribution in [-0.4, -0.2) is 17.7 Å². The summed E-state index contributed by atoms with van der Waals surface area (Å²) in [7, 11) is 0. The number of hydrogen-bond acceptors (Lipinski definition) is 2. The van der Waals surface area contributed by atoms with E-state index in [0.29, 0.717) is 12.5 Å². The van der Waals surface area contributed by atoms with Crippen LogP contribution in [-0.2, 0) is 0 Å². The molecule has 1 aromatic rings. The lowest BCUT2D eigenvalue weighted by Crippen LogP contribution is -2.28. The summed E-state index contributed by atoms with van der Waals surface area (Å²) in [4.78, 5) is 3.95. The molecule has 14 heavy (non-hydrogen) atoms. The van der Waals surface area contributed by atoms with Gasteiger partial charge in [0.1, 0.15) is 0 Å². The molecule has 1 atom stereocenters. The van der Waals surface area contributed by atoms with Crippen LogP contribution in [0.1, 0.15) is 18.4 Å². The molecular formula is C10H15N3O. The standard InChI is InChI=1S/C10H15N3O/c1-8(7-12-10(11)13-14)9-5-3-2-4-6-9/h2-6,8,14H,7H2,1H3,(H3,11,12,13). The maximum atomic E-state index is 8.41. The van der Waals surface area contributed by atoms with Gasteiger partial charge in [0.2, 0.25) is 5.96 Å². The molecule has 4 nitrogen and oxygen atoms in total. The Balaban J connectivity index is 2.55. The Kier molecular flexibility index (Phi) is 3.94. The van der Waals surface area contributed by atoms with Crippen molar-refractivity contribution in [2.45, 2.75) is 12.8 Å². The van der Waals surface area contributed by atoms with E-state index in [-0.39, 0.29) is 5.96 Å². The van der Waals surface area contributed by atoms with Crippen LogP contribution in [0, 0.1) is 0 Å². The lowest BCUT2D eigenvalue weighted by molar-refractivity contribution is 0.232. The first-order valence-corrected chi connectivity index (χ1v) is 4.49. The van der Waals surface area contributed by atoms with Crippen LogP contribution in [0.25, 0.3) is 0 Å². The number of aliphatic imine (C=N–C) groups is 1. The second-order valence-corrected chi connectivity index (χ2v) is 3.15. The highest BCUT2D eigenvalue weighted by Crippen LogP contribution is 2.14. The van der Waals surface area contributed by atoms with Crippen LogP contribution in [0.2, 0.25) is 0 Å². The number of hydroxylamine groups is 1. The molecule has 0 aliphatic carbocycles. The summed E-state index contributed by atoms with van der Waals surface area (Å²) in [5, 5.41) is 8.41. The van der Waals surface area contributed by atoms with Crippen molar-refractivity contribution in [2.75, 3.05) is 6.54 Å². The van der Waals surface area contributed by atoms with Gasteiger partial charge in [-0.3, -0.25) is 10.2 Å². The number of benzene rings is 1. The van der Waals surface area contributed by atoms with E-state index < -0.39 is 0 Å². The summed E-state index contributed by atoms with van der Waals surface area (Å²) in [6, 6.07) is 10.0. The highest BCUT2D eigenvalue weighted by molar-refractivity contribution is 5.76. The molecule has 4 heteroatoms. The van der Waals surface area contributed by atoms with Crippen LogP contribution < -0.4 is 11.2 Å². The predicted octanol–water partition coefficient (Wildman–Crippen LogP) is 1.08. The zero-order valence-corrected chi connectivity index (χ0v) is 8.14. The minimum Gasteiger partial charge on any atom is -0.368 e. The van der Waals surface area contributed by atoms with E-state index in [1.165, 1.54) is 5.56 Å². The van der Waals surface area contributed by atoms with Crippen molar-refractivity contribution in [1.29, 1.82) is 0 Å². The van der Waals surface area contributed by atoms with Gasteiger partial charge in [0.15, 0.2) is 0 Å². The van der Waals surface area contributed by atoms with Crippen LogP contribution in [0.15, 0.2) is 35.3 Å². The largest absolute Gasteiger partial charge is 0.368 e. The average molecular weight is 193 g/mol. The smallest absolute Gasteiger partial charge is 0.212 e. The maximum absolute atomic E-state index is 8.41. The highest BCUT2D eigenvalue weighted by atomic mass is 16.5. The highest BCUT2D eigenvalue weighted by Gasteiger charge is 2.03. The second kappa shape index (κ2) is 5.24. The summed E-state index contributed by atoms with van der Waals surface area (Å²) in [5.74, 6) is 0.343. The number of nitrogens with two attached hydrogens (primary N) is 1. The molecule has 0 aliphatic heterocycles. The fourth-order valence-electron chi connectivity index (χ4n) is 1.16. The first-order chi connectivity index (χ1) is 6.74. The molecule has 4 N–H and O–H groups in total. The number of rotatable bonds is 3. The summed E-state index contributed by atoms with van der Waals surface area (Å²) < 4.78 is 0. The van der Waals surface area contributed by atoms with Crippen LogP contribution in [0.4, 0.5) is 0 Å². The molecule has 76 valence electrons. The van der Waals surface area contributed by atoms with Gasteiger partial charge in [-0.05, 0) is 5.56 Å². The molecule has 0 saturated carbocycles. The molecule has 1 unspecified atom stereocenters. The lowest BCUT2D eigenvalue weighted by atomic mass is 10.0. The lowest BCUT2D eigenvalue weighted by Gasteiger charge is -2.08. The number of nitrogens with one attached hydrogen (secondary N) is 1. The van der Waals surface area contributed by atoms with Gasteiger partial charge >= 0.3 is 0 Å². The van der Waals surface area contributed by atoms with Crippen LogP contribution >= 0.6 is 0 Å². The molecule has 0 aromatic heterocycles. The van der Waals surface area contributed by atoms with Crippen LogP contribution in [0.3, 0.4) is 0 Å². The SMILES string of the molecule is CC(CN=C(N)NO)c1ccccc1. The summed E-state index contributed by atoms with van der Waals surface area (Å²) in [6.45, 7) is 2.62. The quantitative estimate of drug-likeness (QED) is 0.382. The second-order valence-electron chi connectivity index (χ2n) is 3.15. The van der Waals surface area contributed by atoms with Crippen molar-refractivity contribution in [1.82, 2.24) is 5.48 Å². The maximum Gasteiger partial charge on any atom is 0.212 e. The predicted molar refractivity (Wildman–Crippen MR) is 56.3 cm³/mol. The molecule has 0 amide bonds. The zero-order valence-electron chi connectivity index (χ0n) is 8.14. The fraction of sp³-hybridized carbons (Fsp3) is 0.300. The Labute approximate surface area is 83.4 Å². The van der Waals surface area contributed by atoms with Gasteiger partial charge in [-0.1, -0.05) is 37.3 Å². The average Bonchev–Trinajstić information content (AvgIpc) is 2.26. The molecule has 0 fully saturated rings. The topological polar surface area (TPSA) is 70.6 Å². The summed E-state index contributed by atoms with van der Waals surface area (Å²) in [6.07, 6.45) is 0. The van der Waals surface area contributed by atoms with Gasteiger partial charge in [0.05, 0.1) is 0 Å². The molecule has 0 radical (unpaired) electrons. The molecule has 0 heterocycles. The van der Waals surface area contributed by atoms with E-state index in [9.17, 15) is 0 Å². The Bertz CT molecular complexity index is 297. The van der Waals surface area contributed by atoms with Gasteiger partial charge in [-0.25, -0.2) is 5.48 Å². The van der Waals surface area contributed by atoms with E-state index >= 15 is 0 Å². The van der Waals surface area contributed by atoms with Gasteiger partial charge in [0, 0.05) is 12.5 Å². The van der Waals surface area contributed by atoms with Gasteiger partial charge in [0.25, 0.3) is 0 Å². The number of hydrogen-bond donors (Lipinski definition) is 3. The van der Waals surface area contributed by atoms with Crippen molar-refractivity contribution in [3.05, 3.63) is 35.9 Å². The fourth-order valence-corrected chi connectivity index (χ4v) is 1.16. The minimum absolute atomic E-state index is 0.0489. The molecule has 1 rings (SSSR count). The first kappa shape index (κ1) is 10.5. The molecular weight excluding hydrogens is 178 g/mol. The van der Waals surface area contributed by atoms with Crippen molar-refractivity contribution >= 4 is 5.96 Å². The summed E-state index contributed by atoms with van der Waals surface area (Å²) in [5.41, 5.74) is 8.30. The summed E-state index contributed by atoms with van der Waals surface area (Å²) >= 11 is 0. The molecule has 0 spiro atoms. The first-order valence-electron chi connectivity index (χ1n) is 4.49. The monoisotopic (exact) mass is 193 g/mol. The molecule has 0 saturated heterocycles. The molecule has 0 bridgehead atoms. The zero-order chi connectivity index (χ0) is 10.4. The number of guanidine groups is 1. The van der Waals surface area contributed by atoms with Crippen molar-refractivity contribution < 1.29 is 5.21 Å². The van der Waals surface area contributed by atoms with Crippen molar-refractivity contribution in [3.63, 3.8) is 0 Å². The van der Waals surface area contributed by atoms with E-state index in [0.717, 1.165) is 0 Å². The normalized spacial score (nSPS) is 13.7. The Hall–Kier alpha value is -1.55. The van der Waals surface area contributed by atoms with E-state index in [4.69, 9.17) is 10.9 Å². The minimum atomic E-state index is 0.0489. The Morgan fingerprint density at radius 3 is 2.71 bits per heavy atom. The Morgan fingerprint density at radius 1 is 1.50 bits per heavy atom. The third-order valence-corrected chi connectivity index (χ3v) is 2.02. The molecule has 1 aromatic carbocycles. The van der Waals surface area contributed by atoms with Crippen molar-refractivity contribution in [2.24, 2.45) is 10.7 Å². The van der Waals surface area contributed by atoms with Crippen LogP contribution in [0.5, 0.6) is 0 Å². The van der Waals surface area contributed by atoms with Gasteiger partial charge in [-0.2, -0.15) is 0 Å². The van der Waals surface area contributed by atoms with Crippen molar-refractivity contribution in [3.8, 4) is 0 Å².